The minimum atomic E-state index is -0.0638. The number of benzene rings is 1. The van der Waals surface area contributed by atoms with E-state index in [9.17, 15) is 9.59 Å². The fourth-order valence-corrected chi connectivity index (χ4v) is 2.94. The Bertz CT molecular complexity index is 641. The Balaban J connectivity index is 1.82. The maximum atomic E-state index is 12.3. The quantitative estimate of drug-likeness (QED) is 0.768. The molecule has 0 atom stereocenters. The minimum Gasteiger partial charge on any atom is -0.355 e. The molecule has 2 amide bonds. The van der Waals surface area contributed by atoms with Crippen LogP contribution in [-0.2, 0) is 9.59 Å². The van der Waals surface area contributed by atoms with Crippen LogP contribution in [0.2, 0.25) is 10.0 Å². The zero-order valence-corrected chi connectivity index (χ0v) is 15.8. The molecule has 1 heterocycles. The first-order chi connectivity index (χ1) is 12.0. The second-order valence-corrected chi connectivity index (χ2v) is 6.71. The van der Waals surface area contributed by atoms with Crippen molar-refractivity contribution in [1.29, 1.82) is 0 Å². The predicted molar refractivity (Wildman–Crippen MR) is 102 cm³/mol. The van der Waals surface area contributed by atoms with Crippen LogP contribution in [0, 0.1) is 0 Å². The van der Waals surface area contributed by atoms with Gasteiger partial charge >= 0.3 is 0 Å². The van der Waals surface area contributed by atoms with Crippen LogP contribution in [-0.4, -0.2) is 60.9 Å². The fraction of sp³-hybridized carbons (Fsp3) is 0.444. The molecule has 1 saturated heterocycles. The summed E-state index contributed by atoms with van der Waals surface area (Å²) < 4.78 is 0. The molecular weight excluding hydrogens is 361 g/mol. The highest BCUT2D eigenvalue weighted by molar-refractivity contribution is 6.42. The molecule has 1 aromatic rings. The summed E-state index contributed by atoms with van der Waals surface area (Å²) in [6.45, 7) is 5.70. The van der Waals surface area contributed by atoms with Gasteiger partial charge in [0.1, 0.15) is 0 Å². The number of piperazine rings is 1. The lowest BCUT2D eigenvalue weighted by Gasteiger charge is -2.33. The van der Waals surface area contributed by atoms with Crippen molar-refractivity contribution in [2.75, 3.05) is 39.3 Å². The van der Waals surface area contributed by atoms with E-state index >= 15 is 0 Å². The monoisotopic (exact) mass is 383 g/mol. The molecule has 25 heavy (non-hydrogen) atoms. The number of hydrogen-bond acceptors (Lipinski definition) is 3. The second kappa shape index (κ2) is 9.80. The van der Waals surface area contributed by atoms with Gasteiger partial charge in [-0.25, -0.2) is 0 Å². The molecule has 1 aliphatic heterocycles. The molecule has 0 unspecified atom stereocenters. The van der Waals surface area contributed by atoms with Crippen LogP contribution in [0.5, 0.6) is 0 Å². The number of carbonyl (C=O) groups is 2. The van der Waals surface area contributed by atoms with Crippen LogP contribution >= 0.6 is 23.2 Å². The number of amides is 2. The molecule has 2 rings (SSSR count). The van der Waals surface area contributed by atoms with Gasteiger partial charge in [0.25, 0.3) is 0 Å². The van der Waals surface area contributed by atoms with Gasteiger partial charge in [-0.2, -0.15) is 0 Å². The lowest BCUT2D eigenvalue weighted by Crippen LogP contribution is -2.50. The third-order valence-electron chi connectivity index (χ3n) is 4.01. The van der Waals surface area contributed by atoms with Crippen LogP contribution < -0.4 is 5.32 Å². The Hall–Kier alpha value is -1.56. The second-order valence-electron chi connectivity index (χ2n) is 5.93. The molecule has 5 nitrogen and oxygen atoms in total. The number of hydrogen-bond donors (Lipinski definition) is 1. The van der Waals surface area contributed by atoms with Gasteiger partial charge in [-0.1, -0.05) is 42.3 Å². The molecule has 7 heteroatoms. The molecular formula is C18H23Cl2N3O2. The highest BCUT2D eigenvalue weighted by atomic mass is 35.5. The summed E-state index contributed by atoms with van der Waals surface area (Å²) in [4.78, 5) is 27.9. The summed E-state index contributed by atoms with van der Waals surface area (Å²) >= 11 is 12.1. The molecule has 1 aliphatic rings. The molecule has 0 saturated carbocycles. The van der Waals surface area contributed by atoms with Gasteiger partial charge in [-0.3, -0.25) is 14.5 Å². The molecule has 0 radical (unpaired) electrons. The number of carbonyl (C=O) groups excluding carboxylic acids is 2. The van der Waals surface area contributed by atoms with Gasteiger partial charge < -0.3 is 10.2 Å². The van der Waals surface area contributed by atoms with E-state index in [0.717, 1.165) is 6.42 Å². The summed E-state index contributed by atoms with van der Waals surface area (Å²) in [6.07, 6.45) is 4.12. The Morgan fingerprint density at radius 2 is 1.92 bits per heavy atom. The smallest absolute Gasteiger partial charge is 0.246 e. The van der Waals surface area contributed by atoms with E-state index in [4.69, 9.17) is 23.2 Å². The van der Waals surface area contributed by atoms with Crippen molar-refractivity contribution in [1.82, 2.24) is 15.1 Å². The van der Waals surface area contributed by atoms with Crippen LogP contribution in [0.15, 0.2) is 24.3 Å². The highest BCUT2D eigenvalue weighted by Crippen LogP contribution is 2.26. The standard InChI is InChI=1S/C18H23Cl2N3O2/c1-2-8-21-16(24)13-22-9-11-23(12-10-22)17(25)7-6-14-4-3-5-15(19)18(14)20/h3-7H,2,8-13H2,1H3,(H,21,24)/b7-6+. The normalized spacial score (nSPS) is 15.6. The Kier molecular flexibility index (Phi) is 7.75. The maximum absolute atomic E-state index is 12.3. The van der Waals surface area contributed by atoms with Crippen molar-refractivity contribution in [3.8, 4) is 0 Å². The third kappa shape index (κ3) is 6.03. The van der Waals surface area contributed by atoms with Crippen LogP contribution in [0.3, 0.4) is 0 Å². The molecule has 1 N–H and O–H groups in total. The predicted octanol–water partition coefficient (Wildman–Crippen LogP) is 2.68. The van der Waals surface area contributed by atoms with E-state index in [-0.39, 0.29) is 11.8 Å². The summed E-state index contributed by atoms with van der Waals surface area (Å²) in [6, 6.07) is 5.31. The van der Waals surface area contributed by atoms with Crippen molar-refractivity contribution >= 4 is 41.1 Å². The number of nitrogens with one attached hydrogen (secondary N) is 1. The van der Waals surface area contributed by atoms with Gasteiger partial charge in [0.2, 0.25) is 11.8 Å². The van der Waals surface area contributed by atoms with Crippen molar-refractivity contribution in [3.05, 3.63) is 39.9 Å². The lowest BCUT2D eigenvalue weighted by atomic mass is 10.2. The van der Waals surface area contributed by atoms with Crippen LogP contribution in [0.4, 0.5) is 0 Å². The van der Waals surface area contributed by atoms with E-state index in [1.165, 1.54) is 6.08 Å². The summed E-state index contributed by atoms with van der Waals surface area (Å²) in [5.74, 6) is -0.0248. The van der Waals surface area contributed by atoms with Crippen molar-refractivity contribution in [2.45, 2.75) is 13.3 Å². The Morgan fingerprint density at radius 3 is 2.60 bits per heavy atom. The Morgan fingerprint density at radius 1 is 1.20 bits per heavy atom. The molecule has 136 valence electrons. The lowest BCUT2D eigenvalue weighted by molar-refractivity contribution is -0.128. The maximum Gasteiger partial charge on any atom is 0.246 e. The molecule has 0 bridgehead atoms. The van der Waals surface area contributed by atoms with Gasteiger partial charge in [-0.15, -0.1) is 0 Å². The number of halogens is 2. The van der Waals surface area contributed by atoms with Gasteiger partial charge in [0.05, 0.1) is 16.6 Å². The van der Waals surface area contributed by atoms with E-state index in [0.29, 0.717) is 54.9 Å². The molecule has 1 aromatic carbocycles. The van der Waals surface area contributed by atoms with Crippen LogP contribution in [0.1, 0.15) is 18.9 Å². The van der Waals surface area contributed by atoms with E-state index < -0.39 is 0 Å². The van der Waals surface area contributed by atoms with E-state index in [1.807, 2.05) is 13.0 Å². The first-order valence-electron chi connectivity index (χ1n) is 8.41. The van der Waals surface area contributed by atoms with Gasteiger partial charge in [0.15, 0.2) is 0 Å². The molecule has 0 spiro atoms. The molecule has 0 aliphatic carbocycles. The van der Waals surface area contributed by atoms with Gasteiger partial charge in [0, 0.05) is 38.8 Å². The van der Waals surface area contributed by atoms with E-state index in [1.54, 1.807) is 23.1 Å². The van der Waals surface area contributed by atoms with Crippen molar-refractivity contribution < 1.29 is 9.59 Å². The first kappa shape index (κ1) is 19.8. The number of nitrogens with zero attached hydrogens (tertiary/aromatic N) is 2. The summed E-state index contributed by atoms with van der Waals surface area (Å²) in [5, 5.41) is 3.77. The molecule has 1 fully saturated rings. The average Bonchev–Trinajstić information content (AvgIpc) is 2.61. The largest absolute Gasteiger partial charge is 0.355 e. The topological polar surface area (TPSA) is 52.7 Å². The zero-order valence-electron chi connectivity index (χ0n) is 14.3. The highest BCUT2D eigenvalue weighted by Gasteiger charge is 2.21. The summed E-state index contributed by atoms with van der Waals surface area (Å²) in [7, 11) is 0. The van der Waals surface area contributed by atoms with Crippen LogP contribution in [0.25, 0.3) is 6.08 Å². The first-order valence-corrected chi connectivity index (χ1v) is 9.17. The minimum absolute atomic E-state index is 0.0390. The average molecular weight is 384 g/mol. The summed E-state index contributed by atoms with van der Waals surface area (Å²) in [5.41, 5.74) is 0.716. The van der Waals surface area contributed by atoms with Crippen molar-refractivity contribution in [3.63, 3.8) is 0 Å². The Labute approximate surface area is 158 Å². The van der Waals surface area contributed by atoms with E-state index in [2.05, 4.69) is 10.2 Å². The molecule has 0 aromatic heterocycles. The van der Waals surface area contributed by atoms with Crippen molar-refractivity contribution in [2.24, 2.45) is 0 Å². The SMILES string of the molecule is CCCNC(=O)CN1CCN(C(=O)/C=C/c2cccc(Cl)c2Cl)CC1. The zero-order chi connectivity index (χ0) is 18.2. The number of rotatable bonds is 6. The fourth-order valence-electron chi connectivity index (χ4n) is 2.57. The third-order valence-corrected chi connectivity index (χ3v) is 4.84. The van der Waals surface area contributed by atoms with Gasteiger partial charge in [-0.05, 0) is 24.1 Å².